The highest BCUT2D eigenvalue weighted by Crippen LogP contribution is 2.38. The van der Waals surface area contributed by atoms with Crippen molar-refractivity contribution in [1.82, 2.24) is 0 Å². The number of rotatable bonds is 7. The topological polar surface area (TPSA) is 67.9 Å². The predicted octanol–water partition coefficient (Wildman–Crippen LogP) is 6.70. The first-order valence-electron chi connectivity index (χ1n) is 11.4. The largest absolute Gasteiger partial charge is 0.493 e. The van der Waals surface area contributed by atoms with Gasteiger partial charge in [0.1, 0.15) is 0 Å². The monoisotopic (exact) mass is 552 g/mol. The lowest BCUT2D eigenvalue weighted by atomic mass is 10.1. The molecule has 1 aliphatic heterocycles. The standard InChI is InChI=1S/C28H25ClN2O4S2/c1-16-5-6-18(3)22(11-16)30-26(32)15-35-23-10-8-19(12-24(23)34-4)13-25-27(33)31(28(36)37-25)20-9-7-17(2)21(29)14-20/h5-14H,15H2,1-4H3,(H,30,32)/b25-13-. The van der Waals surface area contributed by atoms with E-state index in [9.17, 15) is 9.59 Å². The number of thioether (sulfide) groups is 1. The fraction of sp³-hybridized carbons (Fsp3) is 0.179. The number of nitrogens with one attached hydrogen (secondary N) is 1. The van der Waals surface area contributed by atoms with Gasteiger partial charge in [0.25, 0.3) is 11.8 Å². The fourth-order valence-corrected chi connectivity index (χ4v) is 5.13. The molecule has 0 radical (unpaired) electrons. The molecule has 4 rings (SSSR count). The van der Waals surface area contributed by atoms with Crippen molar-refractivity contribution in [2.75, 3.05) is 23.9 Å². The Hall–Kier alpha value is -3.33. The summed E-state index contributed by atoms with van der Waals surface area (Å²) in [5, 5.41) is 3.44. The number of ether oxygens (including phenoxy) is 2. The zero-order valence-electron chi connectivity index (χ0n) is 20.8. The lowest BCUT2D eigenvalue weighted by Gasteiger charge is -2.15. The number of hydrogen-bond acceptors (Lipinski definition) is 6. The Kier molecular flexibility index (Phi) is 8.22. The van der Waals surface area contributed by atoms with Gasteiger partial charge in [0.2, 0.25) is 0 Å². The molecule has 0 unspecified atom stereocenters. The molecule has 0 bridgehead atoms. The summed E-state index contributed by atoms with van der Waals surface area (Å²) in [5.41, 5.74) is 5.05. The van der Waals surface area contributed by atoms with Crippen molar-refractivity contribution in [3.8, 4) is 11.5 Å². The molecule has 0 aliphatic carbocycles. The van der Waals surface area contributed by atoms with E-state index in [0.717, 1.165) is 27.9 Å². The van der Waals surface area contributed by atoms with Crippen LogP contribution in [-0.4, -0.2) is 29.9 Å². The molecule has 1 N–H and O–H groups in total. The summed E-state index contributed by atoms with van der Waals surface area (Å²) >= 11 is 12.9. The van der Waals surface area contributed by atoms with Gasteiger partial charge in [-0.1, -0.05) is 59.8 Å². The molecule has 6 nitrogen and oxygen atoms in total. The minimum absolute atomic E-state index is 0.180. The van der Waals surface area contributed by atoms with E-state index in [-0.39, 0.29) is 18.4 Å². The number of thiocarbonyl (C=S) groups is 1. The Morgan fingerprint density at radius 3 is 2.54 bits per heavy atom. The van der Waals surface area contributed by atoms with Crippen molar-refractivity contribution in [3.63, 3.8) is 0 Å². The van der Waals surface area contributed by atoms with Crippen LogP contribution in [0.2, 0.25) is 5.02 Å². The van der Waals surface area contributed by atoms with Crippen LogP contribution >= 0.6 is 35.6 Å². The third-order valence-electron chi connectivity index (χ3n) is 5.72. The van der Waals surface area contributed by atoms with Gasteiger partial charge in [-0.25, -0.2) is 0 Å². The van der Waals surface area contributed by atoms with Gasteiger partial charge in [-0.05, 0) is 79.4 Å². The average Bonchev–Trinajstić information content (AvgIpc) is 3.14. The van der Waals surface area contributed by atoms with Crippen LogP contribution in [0.1, 0.15) is 22.3 Å². The summed E-state index contributed by atoms with van der Waals surface area (Å²) in [6.07, 6.45) is 1.74. The number of anilines is 2. The molecule has 3 aromatic rings. The fourth-order valence-electron chi connectivity index (χ4n) is 3.66. The van der Waals surface area contributed by atoms with Crippen LogP contribution in [0.3, 0.4) is 0 Å². The second-order valence-corrected chi connectivity index (χ2v) is 10.6. The first-order valence-corrected chi connectivity index (χ1v) is 13.0. The highest BCUT2D eigenvalue weighted by atomic mass is 35.5. The van der Waals surface area contributed by atoms with Crippen molar-refractivity contribution >= 4 is 69.2 Å². The molecule has 37 heavy (non-hydrogen) atoms. The molecule has 0 spiro atoms. The quantitative estimate of drug-likeness (QED) is 0.260. The number of methoxy groups -OCH3 is 1. The highest BCUT2D eigenvalue weighted by Gasteiger charge is 2.33. The van der Waals surface area contributed by atoms with E-state index >= 15 is 0 Å². The van der Waals surface area contributed by atoms with Gasteiger partial charge in [0.15, 0.2) is 22.4 Å². The number of carbonyl (C=O) groups is 2. The Morgan fingerprint density at radius 2 is 1.81 bits per heavy atom. The second kappa shape index (κ2) is 11.4. The van der Waals surface area contributed by atoms with Crippen molar-refractivity contribution in [1.29, 1.82) is 0 Å². The van der Waals surface area contributed by atoms with Crippen LogP contribution in [0.4, 0.5) is 11.4 Å². The summed E-state index contributed by atoms with van der Waals surface area (Å²) in [4.78, 5) is 27.5. The number of amides is 2. The number of halogens is 1. The molecule has 3 aromatic carbocycles. The normalized spacial score (nSPS) is 14.3. The number of carbonyl (C=O) groups excluding carboxylic acids is 2. The predicted molar refractivity (Wildman–Crippen MR) is 155 cm³/mol. The number of hydrogen-bond donors (Lipinski definition) is 1. The molecule has 1 fully saturated rings. The van der Waals surface area contributed by atoms with E-state index in [0.29, 0.717) is 31.4 Å². The minimum Gasteiger partial charge on any atom is -0.493 e. The molecule has 1 aliphatic rings. The summed E-state index contributed by atoms with van der Waals surface area (Å²) in [5.74, 6) is 0.351. The SMILES string of the molecule is COc1cc(/C=C2\SC(=S)N(c3ccc(C)c(Cl)c3)C2=O)ccc1OCC(=O)Nc1cc(C)ccc1C. The van der Waals surface area contributed by atoms with E-state index in [1.165, 1.54) is 23.8 Å². The van der Waals surface area contributed by atoms with Crippen molar-refractivity contribution < 1.29 is 19.1 Å². The first kappa shape index (κ1) is 26.7. The van der Waals surface area contributed by atoms with Gasteiger partial charge >= 0.3 is 0 Å². The molecular weight excluding hydrogens is 528 g/mol. The van der Waals surface area contributed by atoms with Gasteiger partial charge in [-0.2, -0.15) is 0 Å². The van der Waals surface area contributed by atoms with E-state index in [4.69, 9.17) is 33.3 Å². The zero-order chi connectivity index (χ0) is 26.7. The van der Waals surface area contributed by atoms with E-state index in [2.05, 4.69) is 5.32 Å². The lowest BCUT2D eigenvalue weighted by molar-refractivity contribution is -0.118. The number of nitrogens with zero attached hydrogens (tertiary/aromatic N) is 1. The minimum atomic E-state index is -0.278. The summed E-state index contributed by atoms with van der Waals surface area (Å²) in [6.45, 7) is 5.62. The molecule has 0 saturated carbocycles. The number of benzene rings is 3. The summed E-state index contributed by atoms with van der Waals surface area (Å²) in [7, 11) is 1.52. The molecular formula is C28H25ClN2O4S2. The van der Waals surface area contributed by atoms with Gasteiger partial charge < -0.3 is 14.8 Å². The second-order valence-electron chi connectivity index (χ2n) is 8.52. The molecule has 0 atom stereocenters. The van der Waals surface area contributed by atoms with Crippen LogP contribution in [0.5, 0.6) is 11.5 Å². The van der Waals surface area contributed by atoms with Gasteiger partial charge in [-0.3, -0.25) is 14.5 Å². The molecule has 0 aromatic heterocycles. The van der Waals surface area contributed by atoms with Gasteiger partial charge in [0, 0.05) is 10.7 Å². The van der Waals surface area contributed by atoms with E-state index < -0.39 is 0 Å². The molecule has 9 heteroatoms. The van der Waals surface area contributed by atoms with Gasteiger partial charge in [0.05, 0.1) is 17.7 Å². The molecule has 1 heterocycles. The summed E-state index contributed by atoms with van der Waals surface area (Å²) in [6, 6.07) is 16.5. The van der Waals surface area contributed by atoms with Crippen LogP contribution < -0.4 is 19.7 Å². The third-order valence-corrected chi connectivity index (χ3v) is 7.43. The number of aryl methyl sites for hydroxylation is 3. The van der Waals surface area contributed by atoms with Crippen LogP contribution in [0, 0.1) is 20.8 Å². The highest BCUT2D eigenvalue weighted by molar-refractivity contribution is 8.27. The summed E-state index contributed by atoms with van der Waals surface area (Å²) < 4.78 is 11.6. The third kappa shape index (κ3) is 6.15. The molecule has 2 amide bonds. The Labute approximate surface area is 230 Å². The maximum absolute atomic E-state index is 13.1. The Balaban J connectivity index is 1.46. The Bertz CT molecular complexity index is 1440. The van der Waals surface area contributed by atoms with Crippen LogP contribution in [-0.2, 0) is 9.59 Å². The van der Waals surface area contributed by atoms with E-state index in [1.54, 1.807) is 30.3 Å². The van der Waals surface area contributed by atoms with Crippen molar-refractivity contribution in [2.24, 2.45) is 0 Å². The van der Waals surface area contributed by atoms with E-state index in [1.807, 2.05) is 51.1 Å². The first-order chi connectivity index (χ1) is 17.7. The van der Waals surface area contributed by atoms with Crippen molar-refractivity contribution in [3.05, 3.63) is 86.8 Å². The molecule has 190 valence electrons. The van der Waals surface area contributed by atoms with Gasteiger partial charge in [-0.15, -0.1) is 0 Å². The smallest absolute Gasteiger partial charge is 0.270 e. The van der Waals surface area contributed by atoms with Crippen molar-refractivity contribution in [2.45, 2.75) is 20.8 Å². The maximum atomic E-state index is 13.1. The van der Waals surface area contributed by atoms with Crippen LogP contribution in [0.15, 0.2) is 59.5 Å². The zero-order valence-corrected chi connectivity index (χ0v) is 23.1. The average molecular weight is 553 g/mol. The lowest BCUT2D eigenvalue weighted by Crippen LogP contribution is -2.27. The molecule has 1 saturated heterocycles. The maximum Gasteiger partial charge on any atom is 0.270 e. The Morgan fingerprint density at radius 1 is 1.05 bits per heavy atom. The van der Waals surface area contributed by atoms with Crippen LogP contribution in [0.25, 0.3) is 6.08 Å².